The lowest BCUT2D eigenvalue weighted by Crippen LogP contribution is -2.13. The molecular formula is C8H11N3. The van der Waals surface area contributed by atoms with Gasteiger partial charge in [-0.3, -0.25) is 10.4 Å². The smallest absolute Gasteiger partial charge is 0.141 e. The van der Waals surface area contributed by atoms with Gasteiger partial charge in [0.15, 0.2) is 0 Å². The Labute approximate surface area is 65.8 Å². The molecule has 0 aromatic carbocycles. The highest BCUT2D eigenvalue weighted by atomic mass is 14.8. The summed E-state index contributed by atoms with van der Waals surface area (Å²) in [6, 6.07) is 1.82. The lowest BCUT2D eigenvalue weighted by Gasteiger charge is -2.01. The molecule has 0 bridgehead atoms. The van der Waals surface area contributed by atoms with E-state index in [0.29, 0.717) is 5.69 Å². The van der Waals surface area contributed by atoms with Crippen LogP contribution in [0.25, 0.3) is 0 Å². The Bertz CT molecular complexity index is 291. The number of rotatable bonds is 1. The fraction of sp³-hybridized carbons (Fsp3) is 0.250. The van der Waals surface area contributed by atoms with E-state index < -0.39 is 0 Å². The average Bonchev–Trinajstić information content (AvgIpc) is 1.94. The van der Waals surface area contributed by atoms with Crippen molar-refractivity contribution in [3.8, 4) is 0 Å². The monoisotopic (exact) mass is 149 g/mol. The number of nitrogens with two attached hydrogens (primary N) is 1. The predicted molar refractivity (Wildman–Crippen MR) is 44.7 cm³/mol. The minimum Gasteiger partial charge on any atom is -0.382 e. The van der Waals surface area contributed by atoms with E-state index in [4.69, 9.17) is 11.1 Å². The molecule has 0 unspecified atom stereocenters. The highest BCUT2D eigenvalue weighted by Crippen LogP contribution is 2.05. The number of nitrogens with zero attached hydrogens (tertiary/aromatic N) is 1. The van der Waals surface area contributed by atoms with E-state index in [0.717, 1.165) is 11.1 Å². The van der Waals surface area contributed by atoms with E-state index in [1.807, 2.05) is 19.9 Å². The van der Waals surface area contributed by atoms with Crippen molar-refractivity contribution in [2.24, 2.45) is 5.73 Å². The summed E-state index contributed by atoms with van der Waals surface area (Å²) in [6.07, 6.45) is 1.73. The van der Waals surface area contributed by atoms with E-state index >= 15 is 0 Å². The molecule has 3 nitrogen and oxygen atoms in total. The van der Waals surface area contributed by atoms with Gasteiger partial charge >= 0.3 is 0 Å². The van der Waals surface area contributed by atoms with Crippen LogP contribution in [-0.4, -0.2) is 10.8 Å². The Balaban J connectivity index is 3.15. The van der Waals surface area contributed by atoms with Gasteiger partial charge in [0, 0.05) is 6.20 Å². The van der Waals surface area contributed by atoms with Gasteiger partial charge in [0.05, 0.1) is 0 Å². The van der Waals surface area contributed by atoms with Crippen LogP contribution in [0.3, 0.4) is 0 Å². The zero-order valence-electron chi connectivity index (χ0n) is 6.68. The van der Waals surface area contributed by atoms with Crippen molar-refractivity contribution in [1.82, 2.24) is 4.98 Å². The fourth-order valence-electron chi connectivity index (χ4n) is 0.772. The molecule has 0 saturated heterocycles. The summed E-state index contributed by atoms with van der Waals surface area (Å²) in [5.41, 5.74) is 8.04. The topological polar surface area (TPSA) is 62.8 Å². The quantitative estimate of drug-likeness (QED) is 0.462. The second-order valence-corrected chi connectivity index (χ2v) is 2.57. The van der Waals surface area contributed by atoms with Crippen molar-refractivity contribution >= 4 is 5.84 Å². The normalized spacial score (nSPS) is 9.64. The highest BCUT2D eigenvalue weighted by molar-refractivity contribution is 5.93. The number of amidine groups is 1. The Morgan fingerprint density at radius 2 is 2.09 bits per heavy atom. The Hall–Kier alpha value is -1.38. The third kappa shape index (κ3) is 1.55. The van der Waals surface area contributed by atoms with Gasteiger partial charge < -0.3 is 5.73 Å². The van der Waals surface area contributed by atoms with Gasteiger partial charge in [0.25, 0.3) is 0 Å². The summed E-state index contributed by atoms with van der Waals surface area (Å²) in [4.78, 5) is 3.99. The van der Waals surface area contributed by atoms with Gasteiger partial charge in [-0.2, -0.15) is 0 Å². The summed E-state index contributed by atoms with van der Waals surface area (Å²) in [5.74, 6) is 0.0214. The summed E-state index contributed by atoms with van der Waals surface area (Å²) in [7, 11) is 0. The average molecular weight is 149 g/mol. The van der Waals surface area contributed by atoms with Crippen LogP contribution in [0, 0.1) is 19.3 Å². The summed E-state index contributed by atoms with van der Waals surface area (Å²) >= 11 is 0. The minimum atomic E-state index is 0.0214. The molecular weight excluding hydrogens is 138 g/mol. The first kappa shape index (κ1) is 7.72. The van der Waals surface area contributed by atoms with Crippen LogP contribution in [-0.2, 0) is 0 Å². The number of aryl methyl sites for hydroxylation is 2. The van der Waals surface area contributed by atoms with Crippen LogP contribution in [0.5, 0.6) is 0 Å². The Kier molecular flexibility index (Phi) is 1.89. The lowest BCUT2D eigenvalue weighted by molar-refractivity contribution is 1.18. The van der Waals surface area contributed by atoms with Crippen molar-refractivity contribution in [3.05, 3.63) is 29.1 Å². The number of hydrogen-bond acceptors (Lipinski definition) is 2. The molecule has 0 aliphatic rings. The molecule has 0 fully saturated rings. The van der Waals surface area contributed by atoms with E-state index in [9.17, 15) is 0 Å². The maximum atomic E-state index is 7.12. The summed E-state index contributed by atoms with van der Waals surface area (Å²) < 4.78 is 0. The number of nitrogen functional groups attached to an aromatic ring is 1. The molecule has 0 atom stereocenters. The minimum absolute atomic E-state index is 0.0214. The van der Waals surface area contributed by atoms with E-state index in [-0.39, 0.29) is 5.84 Å². The summed E-state index contributed by atoms with van der Waals surface area (Å²) in [5, 5.41) is 7.12. The molecule has 3 heteroatoms. The first-order valence-electron chi connectivity index (χ1n) is 3.39. The maximum Gasteiger partial charge on any atom is 0.141 e. The van der Waals surface area contributed by atoms with Crippen LogP contribution in [0.15, 0.2) is 12.3 Å². The van der Waals surface area contributed by atoms with E-state index in [1.54, 1.807) is 6.20 Å². The van der Waals surface area contributed by atoms with Crippen molar-refractivity contribution in [1.29, 1.82) is 5.41 Å². The van der Waals surface area contributed by atoms with Crippen molar-refractivity contribution in [2.45, 2.75) is 13.8 Å². The first-order chi connectivity index (χ1) is 5.11. The zero-order valence-corrected chi connectivity index (χ0v) is 6.68. The number of nitrogens with one attached hydrogen (secondary N) is 1. The molecule has 1 aromatic heterocycles. The van der Waals surface area contributed by atoms with Gasteiger partial charge in [-0.15, -0.1) is 0 Å². The lowest BCUT2D eigenvalue weighted by atomic mass is 10.1. The molecule has 1 rings (SSSR count). The van der Waals surface area contributed by atoms with E-state index in [2.05, 4.69) is 4.98 Å². The number of pyridine rings is 1. The zero-order chi connectivity index (χ0) is 8.43. The van der Waals surface area contributed by atoms with Gasteiger partial charge in [0.2, 0.25) is 0 Å². The van der Waals surface area contributed by atoms with Crippen molar-refractivity contribution in [3.63, 3.8) is 0 Å². The number of hydrogen-bond donors (Lipinski definition) is 2. The summed E-state index contributed by atoms with van der Waals surface area (Å²) in [6.45, 7) is 3.95. The van der Waals surface area contributed by atoms with Crippen LogP contribution >= 0.6 is 0 Å². The standard InChI is InChI=1S/C8H11N3/c1-5-3-7(8(9)10)11-4-6(5)2/h3-4H,1-2H3,(H3,9,10). The fourth-order valence-corrected chi connectivity index (χ4v) is 0.772. The van der Waals surface area contributed by atoms with Gasteiger partial charge in [-0.05, 0) is 31.0 Å². The van der Waals surface area contributed by atoms with Gasteiger partial charge in [-0.1, -0.05) is 0 Å². The molecule has 3 N–H and O–H groups in total. The van der Waals surface area contributed by atoms with Crippen LogP contribution in [0.2, 0.25) is 0 Å². The van der Waals surface area contributed by atoms with Crippen LogP contribution in [0.4, 0.5) is 0 Å². The molecule has 58 valence electrons. The molecule has 1 aromatic rings. The molecule has 0 amide bonds. The largest absolute Gasteiger partial charge is 0.382 e. The van der Waals surface area contributed by atoms with Crippen LogP contribution < -0.4 is 5.73 Å². The van der Waals surface area contributed by atoms with Crippen molar-refractivity contribution < 1.29 is 0 Å². The van der Waals surface area contributed by atoms with Crippen molar-refractivity contribution in [2.75, 3.05) is 0 Å². The molecule has 0 aliphatic carbocycles. The second-order valence-electron chi connectivity index (χ2n) is 2.57. The molecule has 0 aliphatic heterocycles. The van der Waals surface area contributed by atoms with Gasteiger partial charge in [-0.25, -0.2) is 0 Å². The molecule has 11 heavy (non-hydrogen) atoms. The molecule has 0 spiro atoms. The van der Waals surface area contributed by atoms with Gasteiger partial charge in [0.1, 0.15) is 11.5 Å². The van der Waals surface area contributed by atoms with Crippen LogP contribution in [0.1, 0.15) is 16.8 Å². The third-order valence-electron chi connectivity index (χ3n) is 1.65. The third-order valence-corrected chi connectivity index (χ3v) is 1.65. The molecule has 0 radical (unpaired) electrons. The highest BCUT2D eigenvalue weighted by Gasteiger charge is 1.98. The maximum absolute atomic E-state index is 7.12. The Morgan fingerprint density at radius 1 is 1.45 bits per heavy atom. The van der Waals surface area contributed by atoms with E-state index in [1.165, 1.54) is 0 Å². The molecule has 1 heterocycles. The first-order valence-corrected chi connectivity index (χ1v) is 3.39. The second kappa shape index (κ2) is 2.70. The predicted octanol–water partition coefficient (Wildman–Crippen LogP) is 0.983. The SMILES string of the molecule is Cc1cnc(C(=N)N)cc1C. The number of aromatic nitrogens is 1. The molecule has 0 saturated carbocycles. The Morgan fingerprint density at radius 3 is 2.55 bits per heavy atom.